The zero-order valence-corrected chi connectivity index (χ0v) is 15.1. The predicted molar refractivity (Wildman–Crippen MR) is 103 cm³/mol. The standard InChI is InChI=1S/C21H19N3O3/c1-12(25)16-10-22-11-17(21(26)27-2)15(16)9-19-20-14(7-8-23-19)13-5-3-4-6-18(13)24-20/h3-8,10-11,15,22,24H,9H2,1-2H3. The number of Topliss-reactive ketones (excluding diaryl/α,β-unsaturated/α-hetero) is 1. The van der Waals surface area contributed by atoms with Crippen molar-refractivity contribution in [2.75, 3.05) is 7.11 Å². The number of H-pyrrole nitrogens is 1. The maximum Gasteiger partial charge on any atom is 0.335 e. The first-order chi connectivity index (χ1) is 13.1. The number of aromatic nitrogens is 2. The molecule has 6 heteroatoms. The van der Waals surface area contributed by atoms with E-state index in [1.54, 1.807) is 18.6 Å². The van der Waals surface area contributed by atoms with Gasteiger partial charge in [-0.3, -0.25) is 9.78 Å². The minimum atomic E-state index is -0.455. The highest BCUT2D eigenvalue weighted by Crippen LogP contribution is 2.32. The molecular formula is C21H19N3O3. The Hall–Kier alpha value is -3.41. The Kier molecular flexibility index (Phi) is 4.24. The van der Waals surface area contributed by atoms with Crippen LogP contribution in [-0.4, -0.2) is 28.8 Å². The Morgan fingerprint density at radius 2 is 1.89 bits per heavy atom. The average Bonchev–Trinajstić information content (AvgIpc) is 3.07. The summed E-state index contributed by atoms with van der Waals surface area (Å²) in [6.07, 6.45) is 5.41. The largest absolute Gasteiger partial charge is 0.466 e. The number of ether oxygens (including phenoxy) is 1. The van der Waals surface area contributed by atoms with Gasteiger partial charge in [-0.1, -0.05) is 18.2 Å². The third-order valence-electron chi connectivity index (χ3n) is 4.96. The molecule has 0 fully saturated rings. The molecule has 1 unspecified atom stereocenters. The summed E-state index contributed by atoms with van der Waals surface area (Å²) < 4.78 is 4.91. The van der Waals surface area contributed by atoms with Crippen LogP contribution in [0.25, 0.3) is 21.8 Å². The molecule has 1 atom stereocenters. The van der Waals surface area contributed by atoms with Crippen molar-refractivity contribution in [3.05, 3.63) is 65.8 Å². The molecule has 6 nitrogen and oxygen atoms in total. The molecule has 0 amide bonds. The number of benzene rings is 1. The highest BCUT2D eigenvalue weighted by atomic mass is 16.5. The molecule has 1 aromatic carbocycles. The zero-order chi connectivity index (χ0) is 19.0. The number of fused-ring (bicyclic) bond motifs is 3. The van der Waals surface area contributed by atoms with E-state index in [0.29, 0.717) is 17.6 Å². The Labute approximate surface area is 155 Å². The number of ketones is 1. The van der Waals surface area contributed by atoms with Gasteiger partial charge in [0, 0.05) is 52.8 Å². The van der Waals surface area contributed by atoms with Gasteiger partial charge < -0.3 is 15.0 Å². The van der Waals surface area contributed by atoms with Crippen molar-refractivity contribution < 1.29 is 14.3 Å². The summed E-state index contributed by atoms with van der Waals surface area (Å²) in [5.41, 5.74) is 3.70. The van der Waals surface area contributed by atoms with E-state index >= 15 is 0 Å². The van der Waals surface area contributed by atoms with E-state index in [9.17, 15) is 9.59 Å². The second-order valence-electron chi connectivity index (χ2n) is 6.52. The number of carbonyl (C=O) groups is 2. The molecule has 0 spiro atoms. The summed E-state index contributed by atoms with van der Waals surface area (Å²) in [5.74, 6) is -0.963. The number of esters is 1. The van der Waals surface area contributed by atoms with Gasteiger partial charge in [-0.25, -0.2) is 4.79 Å². The minimum Gasteiger partial charge on any atom is -0.466 e. The fourth-order valence-corrected chi connectivity index (χ4v) is 3.65. The Bertz CT molecular complexity index is 1120. The first-order valence-corrected chi connectivity index (χ1v) is 8.70. The Morgan fingerprint density at radius 1 is 1.11 bits per heavy atom. The van der Waals surface area contributed by atoms with Gasteiger partial charge in [-0.05, 0) is 19.1 Å². The average molecular weight is 361 g/mol. The number of carbonyl (C=O) groups excluding carboxylic acids is 2. The third-order valence-corrected chi connectivity index (χ3v) is 4.96. The van der Waals surface area contributed by atoms with Gasteiger partial charge >= 0.3 is 5.97 Å². The van der Waals surface area contributed by atoms with Gasteiger partial charge in [0.05, 0.1) is 23.9 Å². The third kappa shape index (κ3) is 2.89. The van der Waals surface area contributed by atoms with Crippen molar-refractivity contribution in [1.29, 1.82) is 0 Å². The van der Waals surface area contributed by atoms with Crippen LogP contribution in [0.15, 0.2) is 60.1 Å². The van der Waals surface area contributed by atoms with Crippen LogP contribution < -0.4 is 5.32 Å². The number of hydrogen-bond donors (Lipinski definition) is 2. The molecule has 2 aromatic heterocycles. The minimum absolute atomic E-state index is 0.0918. The zero-order valence-electron chi connectivity index (χ0n) is 15.1. The predicted octanol–water partition coefficient (Wildman–Crippen LogP) is 3.01. The highest BCUT2D eigenvalue weighted by molar-refractivity contribution is 6.08. The molecule has 3 aromatic rings. The normalized spacial score (nSPS) is 16.6. The first kappa shape index (κ1) is 17.0. The maximum atomic E-state index is 12.2. The molecule has 136 valence electrons. The van der Waals surface area contributed by atoms with Gasteiger partial charge in [0.1, 0.15) is 0 Å². The number of hydrogen-bond acceptors (Lipinski definition) is 5. The van der Waals surface area contributed by atoms with Crippen molar-refractivity contribution in [1.82, 2.24) is 15.3 Å². The van der Waals surface area contributed by atoms with E-state index in [0.717, 1.165) is 27.5 Å². The number of nitrogens with one attached hydrogen (secondary N) is 2. The number of nitrogens with zero attached hydrogens (tertiary/aromatic N) is 1. The van der Waals surface area contributed by atoms with Gasteiger partial charge in [0.2, 0.25) is 0 Å². The SMILES string of the molecule is COC(=O)C1=CNC=C(C(C)=O)C1Cc1nccc2c1[nH]c1ccccc12. The Balaban J connectivity index is 1.82. The smallest absolute Gasteiger partial charge is 0.335 e. The number of rotatable bonds is 4. The number of pyridine rings is 1. The molecular weight excluding hydrogens is 342 g/mol. The van der Waals surface area contributed by atoms with Crippen LogP contribution in [-0.2, 0) is 20.7 Å². The molecule has 1 aliphatic heterocycles. The molecule has 0 saturated heterocycles. The lowest BCUT2D eigenvalue weighted by atomic mass is 9.84. The van der Waals surface area contributed by atoms with Crippen molar-refractivity contribution in [3.8, 4) is 0 Å². The number of allylic oxidation sites excluding steroid dienone is 1. The van der Waals surface area contributed by atoms with Crippen molar-refractivity contribution in [3.63, 3.8) is 0 Å². The summed E-state index contributed by atoms with van der Waals surface area (Å²) in [6, 6.07) is 10.0. The fourth-order valence-electron chi connectivity index (χ4n) is 3.65. The molecule has 3 heterocycles. The topological polar surface area (TPSA) is 84.1 Å². The number of dihydropyridines is 1. The van der Waals surface area contributed by atoms with Crippen molar-refractivity contribution in [2.24, 2.45) is 5.92 Å². The van der Waals surface area contributed by atoms with Gasteiger partial charge in [-0.15, -0.1) is 0 Å². The van der Waals surface area contributed by atoms with E-state index in [1.807, 2.05) is 24.3 Å². The van der Waals surface area contributed by atoms with E-state index in [4.69, 9.17) is 4.74 Å². The number of aromatic amines is 1. The summed E-state index contributed by atoms with van der Waals surface area (Å²) in [6.45, 7) is 1.50. The summed E-state index contributed by atoms with van der Waals surface area (Å²) in [7, 11) is 1.34. The van der Waals surface area contributed by atoms with Crippen LogP contribution in [0.5, 0.6) is 0 Å². The molecule has 27 heavy (non-hydrogen) atoms. The number of methoxy groups -OCH3 is 1. The molecule has 0 radical (unpaired) electrons. The molecule has 2 N–H and O–H groups in total. The Morgan fingerprint density at radius 3 is 2.67 bits per heavy atom. The second kappa shape index (κ2) is 6.72. The summed E-state index contributed by atoms with van der Waals surface area (Å²) in [4.78, 5) is 32.3. The lowest BCUT2D eigenvalue weighted by Gasteiger charge is -2.24. The fraction of sp³-hybridized carbons (Fsp3) is 0.190. The van der Waals surface area contributed by atoms with Crippen LogP contribution in [0.2, 0.25) is 0 Å². The first-order valence-electron chi connectivity index (χ1n) is 8.70. The second-order valence-corrected chi connectivity index (χ2v) is 6.52. The lowest BCUT2D eigenvalue weighted by molar-refractivity contribution is -0.136. The van der Waals surface area contributed by atoms with Crippen molar-refractivity contribution in [2.45, 2.75) is 13.3 Å². The highest BCUT2D eigenvalue weighted by Gasteiger charge is 2.31. The number of para-hydroxylation sites is 1. The summed E-state index contributed by atoms with van der Waals surface area (Å²) in [5, 5.41) is 5.07. The van der Waals surface area contributed by atoms with E-state index in [1.165, 1.54) is 14.0 Å². The van der Waals surface area contributed by atoms with E-state index < -0.39 is 11.9 Å². The molecule has 0 bridgehead atoms. The van der Waals surface area contributed by atoms with Crippen LogP contribution in [0.1, 0.15) is 12.6 Å². The monoisotopic (exact) mass is 361 g/mol. The molecule has 0 saturated carbocycles. The van der Waals surface area contributed by atoms with E-state index in [-0.39, 0.29) is 5.78 Å². The summed E-state index contributed by atoms with van der Waals surface area (Å²) >= 11 is 0. The van der Waals surface area contributed by atoms with Crippen LogP contribution in [0, 0.1) is 5.92 Å². The van der Waals surface area contributed by atoms with Gasteiger partial charge in [0.25, 0.3) is 0 Å². The molecule has 0 aliphatic carbocycles. The van der Waals surface area contributed by atoms with Crippen LogP contribution in [0.4, 0.5) is 0 Å². The maximum absolute atomic E-state index is 12.2. The van der Waals surface area contributed by atoms with Crippen molar-refractivity contribution >= 4 is 33.6 Å². The molecule has 4 rings (SSSR count). The van der Waals surface area contributed by atoms with Crippen LogP contribution in [0.3, 0.4) is 0 Å². The quantitative estimate of drug-likeness (QED) is 0.698. The van der Waals surface area contributed by atoms with Gasteiger partial charge in [0.15, 0.2) is 5.78 Å². The lowest BCUT2D eigenvalue weighted by Crippen LogP contribution is -2.28. The van der Waals surface area contributed by atoms with E-state index in [2.05, 4.69) is 21.4 Å². The van der Waals surface area contributed by atoms with Gasteiger partial charge in [-0.2, -0.15) is 0 Å². The molecule has 1 aliphatic rings. The van der Waals surface area contributed by atoms with Crippen LogP contribution >= 0.6 is 0 Å².